The standard InChI is InChI=1S/C32H42FN5O7/c1-3-32(41-2,19-42-28(39)43-21-14-30(15-21)10-6-4-7-11-30)23(18-38-20-35-24-25(34)36-27(33)37-26(24)38)45-29(40)44-22-16-31(17-22)12-8-5-9-13-31/h1,20-23H,4-19H2,2H3,(H2,34,36,37)/t23-,32?/m0/s1. The van der Waals surface area contributed by atoms with E-state index >= 15 is 0 Å². The van der Waals surface area contributed by atoms with Crippen molar-refractivity contribution in [3.05, 3.63) is 12.4 Å². The second-order valence-electron chi connectivity index (χ2n) is 13.5. The van der Waals surface area contributed by atoms with Crippen molar-refractivity contribution in [2.75, 3.05) is 19.5 Å². The maximum absolute atomic E-state index is 14.1. The molecule has 2 heterocycles. The molecule has 45 heavy (non-hydrogen) atoms. The lowest BCUT2D eigenvalue weighted by Crippen LogP contribution is -2.52. The minimum absolute atomic E-state index is 0.0594. The van der Waals surface area contributed by atoms with E-state index in [1.54, 1.807) is 0 Å². The molecule has 0 aliphatic heterocycles. The molecule has 0 radical (unpaired) electrons. The van der Waals surface area contributed by atoms with Crippen LogP contribution in [0.5, 0.6) is 0 Å². The Bertz CT molecular complexity index is 1430. The average molecular weight is 628 g/mol. The van der Waals surface area contributed by atoms with E-state index in [4.69, 9.17) is 35.8 Å². The zero-order valence-electron chi connectivity index (χ0n) is 25.8. The van der Waals surface area contributed by atoms with Crippen LogP contribution >= 0.6 is 0 Å². The molecule has 12 nitrogen and oxygen atoms in total. The zero-order valence-corrected chi connectivity index (χ0v) is 25.8. The van der Waals surface area contributed by atoms with Crippen molar-refractivity contribution < 1.29 is 37.7 Å². The van der Waals surface area contributed by atoms with Crippen LogP contribution in [0.2, 0.25) is 0 Å². The molecule has 244 valence electrons. The van der Waals surface area contributed by atoms with Gasteiger partial charge < -0.3 is 34.0 Å². The molecule has 1 unspecified atom stereocenters. The number of imidazole rings is 1. The number of methoxy groups -OCH3 is 1. The van der Waals surface area contributed by atoms with E-state index < -0.39 is 36.7 Å². The summed E-state index contributed by atoms with van der Waals surface area (Å²) in [5.74, 6) is 2.36. The van der Waals surface area contributed by atoms with Gasteiger partial charge in [0.05, 0.1) is 12.9 Å². The van der Waals surface area contributed by atoms with Gasteiger partial charge in [0.2, 0.25) is 5.60 Å². The number of ether oxygens (including phenoxy) is 5. The van der Waals surface area contributed by atoms with E-state index in [0.717, 1.165) is 51.4 Å². The summed E-state index contributed by atoms with van der Waals surface area (Å²) in [6, 6.07) is 0. The first-order chi connectivity index (χ1) is 21.7. The molecule has 0 amide bonds. The molecule has 4 aliphatic rings. The van der Waals surface area contributed by atoms with Crippen LogP contribution < -0.4 is 5.73 Å². The molecular formula is C32H42FN5O7. The maximum Gasteiger partial charge on any atom is 0.509 e. The minimum atomic E-state index is -1.76. The molecule has 0 aromatic carbocycles. The zero-order chi connectivity index (χ0) is 31.7. The van der Waals surface area contributed by atoms with Gasteiger partial charge in [-0.3, -0.25) is 0 Å². The molecule has 0 bridgehead atoms. The summed E-state index contributed by atoms with van der Waals surface area (Å²) >= 11 is 0. The highest BCUT2D eigenvalue weighted by Crippen LogP contribution is 2.53. The van der Waals surface area contributed by atoms with Crippen LogP contribution in [0.1, 0.15) is 89.9 Å². The number of nitrogen functional groups attached to an aromatic ring is 1. The van der Waals surface area contributed by atoms with Crippen LogP contribution in [0, 0.1) is 29.3 Å². The molecule has 13 heteroatoms. The second-order valence-corrected chi connectivity index (χ2v) is 13.5. The normalized spacial score (nSPS) is 24.1. The number of aromatic nitrogens is 4. The van der Waals surface area contributed by atoms with Crippen molar-refractivity contribution >= 4 is 29.3 Å². The Kier molecular flexibility index (Phi) is 8.78. The highest BCUT2D eigenvalue weighted by Gasteiger charge is 2.49. The average Bonchev–Trinajstić information content (AvgIpc) is 3.40. The first-order valence-corrected chi connectivity index (χ1v) is 16.0. The summed E-state index contributed by atoms with van der Waals surface area (Å²) in [6.45, 7) is -0.684. The van der Waals surface area contributed by atoms with Gasteiger partial charge in [-0.25, -0.2) is 14.6 Å². The quantitative estimate of drug-likeness (QED) is 0.214. The number of carbonyl (C=O) groups is 2. The fourth-order valence-electron chi connectivity index (χ4n) is 8.02. The Hall–Kier alpha value is -3.66. The van der Waals surface area contributed by atoms with Crippen molar-refractivity contribution in [1.82, 2.24) is 19.5 Å². The van der Waals surface area contributed by atoms with Crippen LogP contribution in [-0.4, -0.2) is 69.5 Å². The summed E-state index contributed by atoms with van der Waals surface area (Å²) in [6.07, 6.45) is 17.8. The lowest BCUT2D eigenvalue weighted by atomic mass is 9.59. The SMILES string of the molecule is C#CC(COC(=O)OC1CC2(CCCCC2)C1)(OC)[C@H](Cn1cnc2c(N)nc(F)nc21)OC(=O)OC1CC2(CCCCC2)C1. The van der Waals surface area contributed by atoms with Crippen LogP contribution in [0.3, 0.4) is 0 Å². The first kappa shape index (κ1) is 31.3. The van der Waals surface area contributed by atoms with Gasteiger partial charge >= 0.3 is 18.4 Å². The number of nitrogens with zero attached hydrogens (tertiary/aromatic N) is 4. The number of rotatable bonds is 9. The molecular weight excluding hydrogens is 585 g/mol. The third-order valence-corrected chi connectivity index (χ3v) is 10.6. The van der Waals surface area contributed by atoms with Gasteiger partial charge in [0.1, 0.15) is 24.3 Å². The molecule has 2 aromatic rings. The van der Waals surface area contributed by atoms with Crippen molar-refractivity contribution in [3.63, 3.8) is 0 Å². The van der Waals surface area contributed by atoms with Crippen LogP contribution in [0.25, 0.3) is 11.2 Å². The van der Waals surface area contributed by atoms with Crippen LogP contribution in [0.15, 0.2) is 6.33 Å². The number of fused-ring (bicyclic) bond motifs is 1. The van der Waals surface area contributed by atoms with E-state index in [9.17, 15) is 14.0 Å². The highest BCUT2D eigenvalue weighted by molar-refractivity contribution is 5.81. The summed E-state index contributed by atoms with van der Waals surface area (Å²) in [5, 5.41) is 0. The van der Waals surface area contributed by atoms with Crippen molar-refractivity contribution in [2.24, 2.45) is 10.8 Å². The largest absolute Gasteiger partial charge is 0.509 e. The van der Waals surface area contributed by atoms with Crippen LogP contribution in [-0.2, 0) is 30.2 Å². The minimum Gasteiger partial charge on any atom is -0.431 e. The van der Waals surface area contributed by atoms with E-state index in [0.29, 0.717) is 0 Å². The number of anilines is 1. The smallest absolute Gasteiger partial charge is 0.431 e. The van der Waals surface area contributed by atoms with E-state index in [2.05, 4.69) is 20.9 Å². The van der Waals surface area contributed by atoms with Crippen molar-refractivity contribution in [1.29, 1.82) is 0 Å². The second kappa shape index (κ2) is 12.6. The molecule has 4 aliphatic carbocycles. The number of carbonyl (C=O) groups excluding carboxylic acids is 2. The Labute approximate surface area is 261 Å². The number of hydrogen-bond acceptors (Lipinski definition) is 11. The lowest BCUT2D eigenvalue weighted by molar-refractivity contribution is -0.138. The highest BCUT2D eigenvalue weighted by atomic mass is 19.1. The van der Waals surface area contributed by atoms with Gasteiger partial charge in [0, 0.05) is 7.11 Å². The van der Waals surface area contributed by atoms with Gasteiger partial charge in [-0.15, -0.1) is 6.42 Å². The predicted molar refractivity (Wildman–Crippen MR) is 159 cm³/mol. The molecule has 4 saturated carbocycles. The summed E-state index contributed by atoms with van der Waals surface area (Å²) < 4.78 is 43.8. The molecule has 0 saturated heterocycles. The van der Waals surface area contributed by atoms with E-state index in [-0.39, 0.29) is 46.6 Å². The van der Waals surface area contributed by atoms with Crippen molar-refractivity contribution in [3.8, 4) is 12.3 Å². The Balaban J connectivity index is 1.14. The fraction of sp³-hybridized carbons (Fsp3) is 0.719. The Morgan fingerprint density at radius 3 is 2.16 bits per heavy atom. The number of halogens is 1. The van der Waals surface area contributed by atoms with Gasteiger partial charge in [0.15, 0.2) is 17.6 Å². The molecule has 4 fully saturated rings. The number of hydrogen-bond donors (Lipinski definition) is 1. The number of terminal acetylenes is 1. The summed E-state index contributed by atoms with van der Waals surface area (Å²) in [5.41, 5.74) is 4.80. The molecule has 2 atom stereocenters. The van der Waals surface area contributed by atoms with Gasteiger partial charge in [-0.2, -0.15) is 14.4 Å². The Morgan fingerprint density at radius 2 is 1.60 bits per heavy atom. The Morgan fingerprint density at radius 1 is 1.02 bits per heavy atom. The third kappa shape index (κ3) is 6.52. The first-order valence-electron chi connectivity index (χ1n) is 16.0. The monoisotopic (exact) mass is 627 g/mol. The van der Waals surface area contributed by atoms with E-state index in [1.807, 2.05) is 0 Å². The molecule has 6 rings (SSSR count). The van der Waals surface area contributed by atoms with Gasteiger partial charge in [0.25, 0.3) is 0 Å². The molecule has 2 spiro atoms. The summed E-state index contributed by atoms with van der Waals surface area (Å²) in [7, 11) is 1.32. The fourth-order valence-corrected chi connectivity index (χ4v) is 8.02. The topological polar surface area (TPSA) is 150 Å². The van der Waals surface area contributed by atoms with Crippen molar-refractivity contribution in [2.45, 2.75) is 120 Å². The van der Waals surface area contributed by atoms with Crippen LogP contribution in [0.4, 0.5) is 19.8 Å². The van der Waals surface area contributed by atoms with E-state index in [1.165, 1.54) is 56.5 Å². The lowest BCUT2D eigenvalue weighted by Gasteiger charge is -2.49. The third-order valence-electron chi connectivity index (χ3n) is 10.6. The maximum atomic E-state index is 14.1. The van der Waals surface area contributed by atoms with Gasteiger partial charge in [-0.1, -0.05) is 44.4 Å². The molecule has 2 aromatic heterocycles. The van der Waals surface area contributed by atoms with Gasteiger partial charge in [-0.05, 0) is 62.2 Å². The molecule has 2 N–H and O–H groups in total. The number of nitrogens with two attached hydrogens (primary N) is 1. The summed E-state index contributed by atoms with van der Waals surface area (Å²) in [4.78, 5) is 37.4. The predicted octanol–water partition coefficient (Wildman–Crippen LogP) is 5.47.